The van der Waals surface area contributed by atoms with Gasteiger partial charge in [0.2, 0.25) is 6.29 Å². The number of allylic oxidation sites excluding steroid dienone is 1. The van der Waals surface area contributed by atoms with Crippen molar-refractivity contribution in [3.8, 4) is 5.69 Å². The molecule has 0 fully saturated rings. The number of rotatable bonds is 14. The smallest absolute Gasteiger partial charge is 0.290 e. The molecule has 0 bridgehead atoms. The minimum Gasteiger partial charge on any atom is -0.459 e. The number of aliphatic hydroxyl groups is 1. The van der Waals surface area contributed by atoms with Crippen LogP contribution in [0.15, 0.2) is 71.2 Å². The molecule has 0 saturated carbocycles. The molecule has 11 nitrogen and oxygen atoms in total. The van der Waals surface area contributed by atoms with Gasteiger partial charge in [-0.05, 0) is 50.6 Å². The van der Waals surface area contributed by atoms with Crippen molar-refractivity contribution in [2.45, 2.75) is 32.5 Å². The molecule has 0 radical (unpaired) electrons. The minimum absolute atomic E-state index is 0.0465. The van der Waals surface area contributed by atoms with E-state index < -0.39 is 18.1 Å². The number of nitrogens with zero attached hydrogens (tertiary/aromatic N) is 2. The summed E-state index contributed by atoms with van der Waals surface area (Å²) >= 11 is 0. The highest BCUT2D eigenvalue weighted by atomic mass is 16.7. The summed E-state index contributed by atoms with van der Waals surface area (Å²) in [6, 6.07) is 16.4. The third kappa shape index (κ3) is 7.11. The van der Waals surface area contributed by atoms with Crippen LogP contribution in [-0.4, -0.2) is 66.3 Å². The Morgan fingerprint density at radius 1 is 1.05 bits per heavy atom. The van der Waals surface area contributed by atoms with E-state index in [0.717, 1.165) is 11.4 Å². The molecule has 3 atom stereocenters. The number of ether oxygens (including phenoxy) is 4. The summed E-state index contributed by atoms with van der Waals surface area (Å²) in [5.74, 6) is -1.29. The number of carbonyl (C=O) groups is 1. The van der Waals surface area contributed by atoms with Gasteiger partial charge in [-0.25, -0.2) is 4.68 Å². The van der Waals surface area contributed by atoms with E-state index in [4.69, 9.17) is 29.8 Å². The predicted octanol–water partition coefficient (Wildman–Crippen LogP) is 3.10. The van der Waals surface area contributed by atoms with E-state index in [2.05, 4.69) is 5.32 Å². The second kappa shape index (κ2) is 14.8. The number of aliphatic hydroxyl groups excluding tert-OH is 1. The first kappa shape index (κ1) is 31.0. The topological polar surface area (TPSA) is 139 Å². The average molecular weight is 581 g/mol. The Balaban J connectivity index is 1.71. The van der Waals surface area contributed by atoms with Crippen molar-refractivity contribution in [2.75, 3.05) is 50.7 Å². The second-order valence-corrected chi connectivity index (χ2v) is 9.92. The fourth-order valence-electron chi connectivity index (χ4n) is 5.15. The highest BCUT2D eigenvalue weighted by Crippen LogP contribution is 2.39. The van der Waals surface area contributed by atoms with Gasteiger partial charge >= 0.3 is 0 Å². The molecule has 1 aromatic heterocycles. The quantitative estimate of drug-likeness (QED) is 0.195. The molecule has 0 saturated heterocycles. The molecule has 11 heteroatoms. The molecule has 1 amide bonds. The molecular weight excluding hydrogens is 540 g/mol. The number of aromatic nitrogens is 2. The van der Waals surface area contributed by atoms with Gasteiger partial charge in [-0.2, -0.15) is 0 Å². The number of anilines is 2. The van der Waals surface area contributed by atoms with Crippen LogP contribution in [0.4, 0.5) is 11.4 Å². The van der Waals surface area contributed by atoms with E-state index in [0.29, 0.717) is 49.8 Å². The molecule has 0 spiro atoms. The molecule has 3 aromatic rings. The second-order valence-electron chi connectivity index (χ2n) is 9.92. The Bertz CT molecular complexity index is 1420. The van der Waals surface area contributed by atoms with E-state index in [1.54, 1.807) is 35.0 Å². The number of hydrogen-bond donors (Lipinski definition) is 3. The normalized spacial score (nSPS) is 18.4. The Labute approximate surface area is 245 Å². The molecule has 2 heterocycles. The van der Waals surface area contributed by atoms with E-state index in [-0.39, 0.29) is 30.5 Å². The molecule has 1 aliphatic rings. The number of carbonyl (C=O) groups excluding carboxylic acids is 1. The largest absolute Gasteiger partial charge is 0.459 e. The van der Waals surface area contributed by atoms with Crippen LogP contribution in [0.3, 0.4) is 0 Å². The summed E-state index contributed by atoms with van der Waals surface area (Å²) in [4.78, 5) is 27.5. The number of nitrogens with two attached hydrogens (primary N) is 1. The standard InChI is InChI=1S/C31H40N4O7/c1-4-41-31-23(14-16-39-18-19-40-17-15-36)24(20-27(42-31)29(37)33-26-13-9-8-12-25(26)32)28-21(2)34(3)35(30(28)38)22-10-6-5-7-11-22/h5-13,20,23-24,31,36H,4,14-19,32H2,1-3H3,(H,33,37)/t23-,24-,31+/m1/s1. The van der Waals surface area contributed by atoms with Gasteiger partial charge in [0.05, 0.1) is 43.5 Å². The SMILES string of the molecule is CCO[C@H]1OC(C(=O)Nc2ccccc2N)=C[C@@H](c2c(C)n(C)n(-c3ccccc3)c2=O)[C@H]1CCOCCOCCO. The summed E-state index contributed by atoms with van der Waals surface area (Å²) in [5.41, 5.74) is 8.79. The number of para-hydroxylation sites is 3. The molecule has 4 N–H and O–H groups in total. The highest BCUT2D eigenvalue weighted by molar-refractivity contribution is 6.04. The zero-order chi connectivity index (χ0) is 30.1. The first-order valence-electron chi connectivity index (χ1n) is 14.1. The predicted molar refractivity (Wildman–Crippen MR) is 159 cm³/mol. The minimum atomic E-state index is -0.808. The molecular formula is C31H40N4O7. The summed E-state index contributed by atoms with van der Waals surface area (Å²) in [6.45, 7) is 5.34. The third-order valence-electron chi connectivity index (χ3n) is 7.28. The van der Waals surface area contributed by atoms with Gasteiger partial charge < -0.3 is 35.1 Å². The molecule has 0 aliphatic carbocycles. The summed E-state index contributed by atoms with van der Waals surface area (Å²) in [6.07, 6.45) is 1.39. The Morgan fingerprint density at radius 3 is 2.43 bits per heavy atom. The van der Waals surface area contributed by atoms with Crippen LogP contribution in [0.1, 0.15) is 30.5 Å². The lowest BCUT2D eigenvalue weighted by Gasteiger charge is -2.36. The third-order valence-corrected chi connectivity index (χ3v) is 7.28. The first-order chi connectivity index (χ1) is 20.4. The van der Waals surface area contributed by atoms with Crippen LogP contribution in [0.2, 0.25) is 0 Å². The molecule has 226 valence electrons. The van der Waals surface area contributed by atoms with Crippen molar-refractivity contribution in [1.82, 2.24) is 9.36 Å². The monoisotopic (exact) mass is 580 g/mol. The van der Waals surface area contributed by atoms with Gasteiger partial charge in [0, 0.05) is 43.4 Å². The maximum Gasteiger partial charge on any atom is 0.290 e. The van der Waals surface area contributed by atoms with E-state index in [1.165, 1.54) is 0 Å². The lowest BCUT2D eigenvalue weighted by molar-refractivity contribution is -0.166. The molecule has 1 aliphatic heterocycles. The van der Waals surface area contributed by atoms with Crippen LogP contribution >= 0.6 is 0 Å². The number of hydrogen-bond acceptors (Lipinski definition) is 8. The van der Waals surface area contributed by atoms with Crippen molar-refractivity contribution < 1.29 is 28.8 Å². The van der Waals surface area contributed by atoms with Gasteiger partial charge in [0.25, 0.3) is 11.5 Å². The van der Waals surface area contributed by atoms with Gasteiger partial charge in [-0.1, -0.05) is 30.3 Å². The number of amides is 1. The zero-order valence-electron chi connectivity index (χ0n) is 24.3. The van der Waals surface area contributed by atoms with Gasteiger partial charge in [0.1, 0.15) is 0 Å². The Kier molecular flexibility index (Phi) is 11.0. The van der Waals surface area contributed by atoms with Crippen molar-refractivity contribution in [2.24, 2.45) is 13.0 Å². The Morgan fingerprint density at radius 2 is 1.74 bits per heavy atom. The average Bonchev–Trinajstić information content (AvgIpc) is 3.21. The zero-order valence-corrected chi connectivity index (χ0v) is 24.3. The molecule has 42 heavy (non-hydrogen) atoms. The molecule has 2 aromatic carbocycles. The first-order valence-corrected chi connectivity index (χ1v) is 14.1. The fraction of sp³-hybridized carbons (Fsp3) is 0.419. The Hall–Kier alpha value is -3.90. The molecule has 0 unspecified atom stereocenters. The van der Waals surface area contributed by atoms with Crippen LogP contribution in [0.5, 0.6) is 0 Å². The maximum atomic E-state index is 14.1. The van der Waals surface area contributed by atoms with Gasteiger partial charge in [-0.3, -0.25) is 14.3 Å². The summed E-state index contributed by atoms with van der Waals surface area (Å²) in [5, 5.41) is 11.7. The summed E-state index contributed by atoms with van der Waals surface area (Å²) < 4.78 is 26.7. The van der Waals surface area contributed by atoms with Crippen molar-refractivity contribution in [1.29, 1.82) is 0 Å². The highest BCUT2D eigenvalue weighted by Gasteiger charge is 2.41. The van der Waals surface area contributed by atoms with Gasteiger partial charge in [-0.15, -0.1) is 0 Å². The van der Waals surface area contributed by atoms with Crippen LogP contribution < -0.4 is 16.6 Å². The number of benzene rings is 2. The van der Waals surface area contributed by atoms with Crippen LogP contribution in [-0.2, 0) is 30.8 Å². The lowest BCUT2D eigenvalue weighted by Crippen LogP contribution is -2.39. The fourth-order valence-corrected chi connectivity index (χ4v) is 5.15. The van der Waals surface area contributed by atoms with E-state index in [1.807, 2.05) is 55.9 Å². The number of nitrogens with one attached hydrogen (secondary N) is 1. The van der Waals surface area contributed by atoms with Crippen molar-refractivity contribution in [3.63, 3.8) is 0 Å². The van der Waals surface area contributed by atoms with Crippen molar-refractivity contribution >= 4 is 17.3 Å². The molecule has 4 rings (SSSR count). The van der Waals surface area contributed by atoms with Gasteiger partial charge in [0.15, 0.2) is 5.76 Å². The van der Waals surface area contributed by atoms with Crippen LogP contribution in [0, 0.1) is 12.8 Å². The van der Waals surface area contributed by atoms with E-state index in [9.17, 15) is 9.59 Å². The van der Waals surface area contributed by atoms with Crippen molar-refractivity contribution in [3.05, 3.63) is 88.0 Å². The van der Waals surface area contributed by atoms with E-state index >= 15 is 0 Å². The maximum absolute atomic E-state index is 14.1. The van der Waals surface area contributed by atoms with Crippen LogP contribution in [0.25, 0.3) is 5.69 Å². The lowest BCUT2D eigenvalue weighted by atomic mass is 9.81. The number of nitrogen functional groups attached to an aromatic ring is 1. The summed E-state index contributed by atoms with van der Waals surface area (Å²) in [7, 11) is 1.84.